The second kappa shape index (κ2) is 4.82. The van der Waals surface area contributed by atoms with Crippen LogP contribution in [-0.4, -0.2) is 21.3 Å². The SMILES string of the molecule is O=Cc1cn(-c2c(Cl)cc(C(F)(F)F)cc2Cl)nn1. The van der Waals surface area contributed by atoms with E-state index in [1.807, 2.05) is 0 Å². The first-order chi connectivity index (χ1) is 8.82. The number of aromatic nitrogens is 3. The van der Waals surface area contributed by atoms with E-state index in [0.717, 1.165) is 16.8 Å². The molecule has 0 N–H and O–H groups in total. The Morgan fingerprint density at radius 1 is 1.21 bits per heavy atom. The summed E-state index contributed by atoms with van der Waals surface area (Å²) >= 11 is 11.5. The molecule has 9 heteroatoms. The molecule has 0 atom stereocenters. The van der Waals surface area contributed by atoms with Crippen LogP contribution in [0.1, 0.15) is 16.1 Å². The molecule has 0 aliphatic heterocycles. The van der Waals surface area contributed by atoms with Crippen molar-refractivity contribution in [3.05, 3.63) is 39.6 Å². The highest BCUT2D eigenvalue weighted by Crippen LogP contribution is 2.37. The zero-order chi connectivity index (χ0) is 14.2. The molecule has 100 valence electrons. The summed E-state index contributed by atoms with van der Waals surface area (Å²) in [4.78, 5) is 10.5. The van der Waals surface area contributed by atoms with Crippen LogP contribution in [0.3, 0.4) is 0 Å². The van der Waals surface area contributed by atoms with E-state index in [-0.39, 0.29) is 21.4 Å². The number of carbonyl (C=O) groups is 1. The molecule has 4 nitrogen and oxygen atoms in total. The van der Waals surface area contributed by atoms with Gasteiger partial charge in [0.15, 0.2) is 6.29 Å². The Bertz CT molecular complexity index is 616. The summed E-state index contributed by atoms with van der Waals surface area (Å²) in [6.45, 7) is 0. The Labute approximate surface area is 114 Å². The Kier molecular flexibility index (Phi) is 3.51. The van der Waals surface area contributed by atoms with Gasteiger partial charge in [0, 0.05) is 0 Å². The average Bonchev–Trinajstić information content (AvgIpc) is 2.75. The zero-order valence-electron chi connectivity index (χ0n) is 8.95. The summed E-state index contributed by atoms with van der Waals surface area (Å²) in [6, 6.07) is 1.45. The van der Waals surface area contributed by atoms with Gasteiger partial charge in [0.05, 0.1) is 21.8 Å². The average molecular weight is 310 g/mol. The summed E-state index contributed by atoms with van der Waals surface area (Å²) in [6.07, 6.45) is -2.91. The summed E-state index contributed by atoms with van der Waals surface area (Å²) in [5.74, 6) is 0. The van der Waals surface area contributed by atoms with E-state index >= 15 is 0 Å². The lowest BCUT2D eigenvalue weighted by molar-refractivity contribution is -0.137. The number of hydrogen-bond donors (Lipinski definition) is 0. The third-order valence-electron chi connectivity index (χ3n) is 2.21. The molecule has 0 amide bonds. The van der Waals surface area contributed by atoms with E-state index < -0.39 is 11.7 Å². The van der Waals surface area contributed by atoms with E-state index in [9.17, 15) is 18.0 Å². The molecule has 19 heavy (non-hydrogen) atoms. The van der Waals surface area contributed by atoms with Crippen LogP contribution >= 0.6 is 23.2 Å². The lowest BCUT2D eigenvalue weighted by Gasteiger charge is -2.11. The predicted molar refractivity (Wildman–Crippen MR) is 61.8 cm³/mol. The highest BCUT2D eigenvalue weighted by atomic mass is 35.5. The first kappa shape index (κ1) is 13.8. The van der Waals surface area contributed by atoms with Gasteiger partial charge >= 0.3 is 6.18 Å². The maximum Gasteiger partial charge on any atom is 0.416 e. The Morgan fingerprint density at radius 2 is 1.79 bits per heavy atom. The molecule has 1 aromatic carbocycles. The quantitative estimate of drug-likeness (QED) is 0.799. The number of benzene rings is 1. The third-order valence-corrected chi connectivity index (χ3v) is 2.78. The lowest BCUT2D eigenvalue weighted by atomic mass is 10.2. The minimum absolute atomic E-state index is 0.00651. The van der Waals surface area contributed by atoms with Crippen LogP contribution < -0.4 is 0 Å². The van der Waals surface area contributed by atoms with Gasteiger partial charge in [-0.15, -0.1) is 5.10 Å². The van der Waals surface area contributed by atoms with Gasteiger partial charge in [-0.3, -0.25) is 4.79 Å². The molecular formula is C10H4Cl2F3N3O. The largest absolute Gasteiger partial charge is 0.416 e. The van der Waals surface area contributed by atoms with Crippen molar-refractivity contribution in [1.82, 2.24) is 15.0 Å². The van der Waals surface area contributed by atoms with Crippen molar-refractivity contribution in [2.75, 3.05) is 0 Å². The first-order valence-corrected chi connectivity index (χ1v) is 5.52. The number of halogens is 5. The van der Waals surface area contributed by atoms with Crippen molar-refractivity contribution >= 4 is 29.5 Å². The van der Waals surface area contributed by atoms with E-state index in [4.69, 9.17) is 23.2 Å². The summed E-state index contributed by atoms with van der Waals surface area (Å²) in [5, 5.41) is 6.53. The molecule has 0 fully saturated rings. The van der Waals surface area contributed by atoms with Crippen molar-refractivity contribution in [1.29, 1.82) is 0 Å². The fourth-order valence-corrected chi connectivity index (χ4v) is 2.05. The van der Waals surface area contributed by atoms with Crippen molar-refractivity contribution < 1.29 is 18.0 Å². The van der Waals surface area contributed by atoms with Crippen molar-refractivity contribution in [3.63, 3.8) is 0 Å². The van der Waals surface area contributed by atoms with E-state index in [1.165, 1.54) is 6.20 Å². The maximum absolute atomic E-state index is 12.5. The van der Waals surface area contributed by atoms with E-state index in [1.54, 1.807) is 0 Å². The topological polar surface area (TPSA) is 47.8 Å². The Hall–Kier alpha value is -1.60. The van der Waals surface area contributed by atoms with Crippen LogP contribution in [0.5, 0.6) is 0 Å². The fourth-order valence-electron chi connectivity index (χ4n) is 1.39. The van der Waals surface area contributed by atoms with Crippen molar-refractivity contribution in [2.45, 2.75) is 6.18 Å². The maximum atomic E-state index is 12.5. The van der Waals surface area contributed by atoms with Gasteiger partial charge in [-0.25, -0.2) is 4.68 Å². The van der Waals surface area contributed by atoms with Crippen LogP contribution in [0.25, 0.3) is 5.69 Å². The highest BCUT2D eigenvalue weighted by molar-refractivity contribution is 6.37. The molecule has 0 aliphatic carbocycles. The minimum Gasteiger partial charge on any atom is -0.296 e. The van der Waals surface area contributed by atoms with Crippen LogP contribution in [0.2, 0.25) is 10.0 Å². The molecule has 0 aliphatic rings. The number of hydrogen-bond acceptors (Lipinski definition) is 3. The van der Waals surface area contributed by atoms with Gasteiger partial charge < -0.3 is 0 Å². The number of aldehydes is 1. The van der Waals surface area contributed by atoms with E-state index in [2.05, 4.69) is 10.3 Å². The molecule has 2 rings (SSSR count). The third kappa shape index (κ3) is 2.71. The molecule has 0 spiro atoms. The number of carbonyl (C=O) groups excluding carboxylic acids is 1. The van der Waals surface area contributed by atoms with Crippen molar-refractivity contribution in [2.24, 2.45) is 0 Å². The van der Waals surface area contributed by atoms with Gasteiger partial charge in [0.2, 0.25) is 0 Å². The van der Waals surface area contributed by atoms with Crippen LogP contribution in [-0.2, 0) is 6.18 Å². The molecule has 0 bridgehead atoms. The number of nitrogens with zero attached hydrogens (tertiary/aromatic N) is 3. The molecule has 0 unspecified atom stereocenters. The molecule has 1 aromatic heterocycles. The van der Waals surface area contributed by atoms with Crippen molar-refractivity contribution in [3.8, 4) is 5.69 Å². The second-order valence-corrected chi connectivity index (χ2v) is 4.31. The van der Waals surface area contributed by atoms with Crippen LogP contribution in [0.4, 0.5) is 13.2 Å². The first-order valence-electron chi connectivity index (χ1n) is 4.77. The van der Waals surface area contributed by atoms with Gasteiger partial charge in [-0.05, 0) is 12.1 Å². The zero-order valence-corrected chi connectivity index (χ0v) is 10.5. The van der Waals surface area contributed by atoms with Crippen LogP contribution in [0.15, 0.2) is 18.3 Å². The molecule has 0 saturated heterocycles. The van der Waals surface area contributed by atoms with Gasteiger partial charge in [-0.2, -0.15) is 13.2 Å². The van der Waals surface area contributed by atoms with Gasteiger partial charge in [0.1, 0.15) is 11.4 Å². The van der Waals surface area contributed by atoms with Gasteiger partial charge in [0.25, 0.3) is 0 Å². The summed E-state index contributed by atoms with van der Waals surface area (Å²) in [7, 11) is 0. The molecule has 2 aromatic rings. The lowest BCUT2D eigenvalue weighted by Crippen LogP contribution is -2.07. The summed E-state index contributed by atoms with van der Waals surface area (Å²) in [5.41, 5.74) is -0.939. The fraction of sp³-hybridized carbons (Fsp3) is 0.100. The summed E-state index contributed by atoms with van der Waals surface area (Å²) < 4.78 is 38.7. The molecule has 0 saturated carbocycles. The smallest absolute Gasteiger partial charge is 0.296 e. The number of alkyl halides is 3. The second-order valence-electron chi connectivity index (χ2n) is 3.49. The monoisotopic (exact) mass is 309 g/mol. The molecular weight excluding hydrogens is 306 g/mol. The minimum atomic E-state index is -4.55. The highest BCUT2D eigenvalue weighted by Gasteiger charge is 2.32. The van der Waals surface area contributed by atoms with Gasteiger partial charge in [-0.1, -0.05) is 28.4 Å². The predicted octanol–water partition coefficient (Wildman–Crippen LogP) is 3.41. The number of rotatable bonds is 2. The van der Waals surface area contributed by atoms with Crippen LogP contribution in [0, 0.1) is 0 Å². The van der Waals surface area contributed by atoms with E-state index in [0.29, 0.717) is 6.29 Å². The molecule has 0 radical (unpaired) electrons. The standard InChI is InChI=1S/C10H4Cl2F3N3O/c11-7-1-5(10(13,14)15)2-8(12)9(7)18-3-6(4-19)16-17-18/h1-4H. The normalized spacial score (nSPS) is 11.6. The molecule has 1 heterocycles. The Morgan fingerprint density at radius 3 is 2.21 bits per heavy atom. The Balaban J connectivity index is 2.56.